The van der Waals surface area contributed by atoms with Crippen molar-refractivity contribution >= 4 is 28.1 Å². The van der Waals surface area contributed by atoms with Crippen LogP contribution in [0.5, 0.6) is 0 Å². The Balaban J connectivity index is 1.60. The number of nitrogens with zero attached hydrogens (tertiary/aromatic N) is 1. The van der Waals surface area contributed by atoms with Gasteiger partial charge in [0.1, 0.15) is 6.54 Å². The molecule has 0 spiro atoms. The number of nitrogens with one attached hydrogen (secondary N) is 2. The maximum absolute atomic E-state index is 5.43. The van der Waals surface area contributed by atoms with Crippen molar-refractivity contribution in [3.63, 3.8) is 0 Å². The third-order valence-electron chi connectivity index (χ3n) is 4.48. The second-order valence-electron chi connectivity index (χ2n) is 6.03. The molecule has 3 rings (SSSR count). The van der Waals surface area contributed by atoms with Crippen molar-refractivity contribution in [2.75, 3.05) is 32.7 Å². The molecule has 0 atom stereocenters. The summed E-state index contributed by atoms with van der Waals surface area (Å²) in [5, 5.41) is 6.79. The first-order valence-corrected chi connectivity index (χ1v) is 8.62. The molecular weight excluding hydrogens is 302 g/mol. The van der Waals surface area contributed by atoms with Crippen LogP contribution in [0.15, 0.2) is 55.1 Å². The summed E-state index contributed by atoms with van der Waals surface area (Å²) in [6, 6.07) is 15.3. The number of thiocarbonyl (C=S) groups is 1. The second kappa shape index (κ2) is 7.57. The zero-order chi connectivity index (χ0) is 16.1. The fourth-order valence-electron chi connectivity index (χ4n) is 3.19. The molecule has 2 aromatic rings. The summed E-state index contributed by atoms with van der Waals surface area (Å²) < 4.78 is 0. The number of benzene rings is 2. The molecule has 120 valence electrons. The van der Waals surface area contributed by atoms with Gasteiger partial charge in [-0.05, 0) is 23.0 Å². The highest BCUT2D eigenvalue weighted by Gasteiger charge is 2.21. The molecule has 1 aliphatic heterocycles. The van der Waals surface area contributed by atoms with E-state index in [-0.39, 0.29) is 0 Å². The predicted octanol–water partition coefficient (Wildman–Crippen LogP) is 1.60. The Morgan fingerprint density at radius 3 is 2.70 bits per heavy atom. The van der Waals surface area contributed by atoms with Crippen LogP contribution in [0.25, 0.3) is 10.8 Å². The van der Waals surface area contributed by atoms with E-state index in [1.165, 1.54) is 16.3 Å². The van der Waals surface area contributed by atoms with Crippen molar-refractivity contribution in [1.82, 2.24) is 10.2 Å². The van der Waals surface area contributed by atoms with E-state index in [2.05, 4.69) is 59.3 Å². The first-order chi connectivity index (χ1) is 11.3. The normalized spacial score (nSPS) is 15.6. The molecule has 0 aromatic heterocycles. The molecule has 0 saturated carbocycles. The summed E-state index contributed by atoms with van der Waals surface area (Å²) in [7, 11) is 0. The minimum Gasteiger partial charge on any atom is -0.359 e. The topological polar surface area (TPSA) is 19.7 Å². The average molecular weight is 326 g/mol. The SMILES string of the molecule is C=CCNC(=S)N1CC[NH+](Cc2cccc3ccccc23)CC1. The van der Waals surface area contributed by atoms with E-state index < -0.39 is 0 Å². The lowest BCUT2D eigenvalue weighted by Gasteiger charge is -2.34. The highest BCUT2D eigenvalue weighted by atomic mass is 32.1. The summed E-state index contributed by atoms with van der Waals surface area (Å²) in [5.74, 6) is 0. The summed E-state index contributed by atoms with van der Waals surface area (Å²) in [5.41, 5.74) is 1.44. The molecule has 1 fully saturated rings. The van der Waals surface area contributed by atoms with Crippen molar-refractivity contribution in [1.29, 1.82) is 0 Å². The molecule has 1 saturated heterocycles. The van der Waals surface area contributed by atoms with E-state index in [0.29, 0.717) is 0 Å². The molecule has 2 N–H and O–H groups in total. The van der Waals surface area contributed by atoms with Gasteiger partial charge in [0.2, 0.25) is 0 Å². The molecule has 23 heavy (non-hydrogen) atoms. The van der Waals surface area contributed by atoms with Crippen LogP contribution in [0.4, 0.5) is 0 Å². The summed E-state index contributed by atoms with van der Waals surface area (Å²) in [6.45, 7) is 9.82. The van der Waals surface area contributed by atoms with Crippen LogP contribution in [-0.4, -0.2) is 42.7 Å². The molecule has 3 nitrogen and oxygen atoms in total. The molecule has 0 radical (unpaired) electrons. The van der Waals surface area contributed by atoms with E-state index >= 15 is 0 Å². The van der Waals surface area contributed by atoms with Crippen molar-refractivity contribution in [2.45, 2.75) is 6.54 Å². The molecule has 1 heterocycles. The molecule has 0 bridgehead atoms. The third-order valence-corrected chi connectivity index (χ3v) is 4.88. The van der Waals surface area contributed by atoms with Gasteiger partial charge in [-0.2, -0.15) is 0 Å². The van der Waals surface area contributed by atoms with E-state index in [4.69, 9.17) is 12.2 Å². The largest absolute Gasteiger partial charge is 0.359 e. The van der Waals surface area contributed by atoms with Crippen LogP contribution >= 0.6 is 12.2 Å². The predicted molar refractivity (Wildman–Crippen MR) is 101 cm³/mol. The number of fused-ring (bicyclic) bond motifs is 1. The van der Waals surface area contributed by atoms with E-state index in [1.807, 2.05) is 6.08 Å². The van der Waals surface area contributed by atoms with Gasteiger partial charge in [-0.25, -0.2) is 0 Å². The van der Waals surface area contributed by atoms with Crippen molar-refractivity contribution < 1.29 is 4.90 Å². The van der Waals surface area contributed by atoms with Crippen LogP contribution < -0.4 is 10.2 Å². The van der Waals surface area contributed by atoms with Gasteiger partial charge in [-0.3, -0.25) is 0 Å². The van der Waals surface area contributed by atoms with Crippen LogP contribution in [-0.2, 0) is 6.54 Å². The van der Waals surface area contributed by atoms with Crippen molar-refractivity contribution in [2.24, 2.45) is 0 Å². The van der Waals surface area contributed by atoms with Crippen molar-refractivity contribution in [3.05, 3.63) is 60.7 Å². The Kier molecular flexibility index (Phi) is 5.26. The number of hydrogen-bond donors (Lipinski definition) is 2. The Morgan fingerprint density at radius 1 is 1.17 bits per heavy atom. The zero-order valence-corrected chi connectivity index (χ0v) is 14.2. The Bertz CT molecular complexity index is 685. The minimum absolute atomic E-state index is 0.738. The fraction of sp³-hybridized carbons (Fsp3) is 0.316. The number of quaternary nitrogens is 1. The van der Waals surface area contributed by atoms with Gasteiger partial charge in [0, 0.05) is 12.1 Å². The number of piperazine rings is 1. The molecule has 0 amide bonds. The Hall–Kier alpha value is -1.91. The second-order valence-corrected chi connectivity index (χ2v) is 6.41. The number of rotatable bonds is 4. The van der Waals surface area contributed by atoms with Crippen LogP contribution in [0, 0.1) is 0 Å². The zero-order valence-electron chi connectivity index (χ0n) is 13.4. The highest BCUT2D eigenvalue weighted by Crippen LogP contribution is 2.17. The van der Waals surface area contributed by atoms with Crippen LogP contribution in [0.3, 0.4) is 0 Å². The summed E-state index contributed by atoms with van der Waals surface area (Å²) in [6.07, 6.45) is 1.84. The lowest BCUT2D eigenvalue weighted by Crippen LogP contribution is -3.13. The first kappa shape index (κ1) is 16.0. The maximum atomic E-state index is 5.43. The smallest absolute Gasteiger partial charge is 0.169 e. The Morgan fingerprint density at radius 2 is 1.91 bits per heavy atom. The highest BCUT2D eigenvalue weighted by molar-refractivity contribution is 7.80. The van der Waals surface area contributed by atoms with Gasteiger partial charge in [0.05, 0.1) is 26.2 Å². The monoisotopic (exact) mass is 326 g/mol. The Labute approximate surface area is 143 Å². The van der Waals surface area contributed by atoms with Gasteiger partial charge in [-0.15, -0.1) is 6.58 Å². The summed E-state index contributed by atoms with van der Waals surface area (Å²) >= 11 is 5.43. The first-order valence-electron chi connectivity index (χ1n) is 8.22. The lowest BCUT2D eigenvalue weighted by atomic mass is 10.0. The van der Waals surface area contributed by atoms with E-state index in [1.54, 1.807) is 4.90 Å². The molecule has 4 heteroatoms. The summed E-state index contributed by atoms with van der Waals surface area (Å²) in [4.78, 5) is 3.90. The van der Waals surface area contributed by atoms with Crippen LogP contribution in [0.1, 0.15) is 5.56 Å². The molecule has 0 unspecified atom stereocenters. The van der Waals surface area contributed by atoms with Crippen molar-refractivity contribution in [3.8, 4) is 0 Å². The van der Waals surface area contributed by atoms with E-state index in [9.17, 15) is 0 Å². The maximum Gasteiger partial charge on any atom is 0.169 e. The quantitative estimate of drug-likeness (QED) is 0.658. The van der Waals surface area contributed by atoms with Gasteiger partial charge in [0.25, 0.3) is 0 Å². The van der Waals surface area contributed by atoms with Gasteiger partial charge in [-0.1, -0.05) is 48.5 Å². The molecule has 1 aliphatic rings. The molecular formula is C19H24N3S+. The van der Waals surface area contributed by atoms with E-state index in [0.717, 1.165) is 44.4 Å². The van der Waals surface area contributed by atoms with Gasteiger partial charge in [0.15, 0.2) is 5.11 Å². The van der Waals surface area contributed by atoms with Crippen LogP contribution in [0.2, 0.25) is 0 Å². The number of hydrogen-bond acceptors (Lipinski definition) is 1. The van der Waals surface area contributed by atoms with Gasteiger partial charge >= 0.3 is 0 Å². The minimum atomic E-state index is 0.738. The average Bonchev–Trinajstić information content (AvgIpc) is 2.60. The fourth-order valence-corrected chi connectivity index (χ4v) is 3.46. The molecule has 0 aliphatic carbocycles. The lowest BCUT2D eigenvalue weighted by molar-refractivity contribution is -0.917. The van der Waals surface area contributed by atoms with Gasteiger partial charge < -0.3 is 15.1 Å². The third kappa shape index (κ3) is 3.89. The standard InChI is InChI=1S/C19H23N3S/c1-2-10-20-19(23)22-13-11-21(12-14-22)15-17-8-5-7-16-6-3-4-9-18(16)17/h2-9H,1,10-15H2,(H,20,23)/p+1. The molecule has 2 aromatic carbocycles.